The van der Waals surface area contributed by atoms with Gasteiger partial charge in [0.15, 0.2) is 0 Å². The van der Waals surface area contributed by atoms with Crippen molar-refractivity contribution in [1.29, 1.82) is 0 Å². The number of hydrogen-bond acceptors (Lipinski definition) is 24. The average molecular weight is 1860 g/mol. The van der Waals surface area contributed by atoms with Crippen LogP contribution < -0.4 is 62.8 Å². The maximum Gasteiger partial charge on any atom is 0.145 e. The molecule has 0 amide bonds. The van der Waals surface area contributed by atoms with E-state index in [9.17, 15) is 0 Å². The first-order valence-electron chi connectivity index (χ1n) is 46.5. The molecule has 1 saturated carbocycles. The molecule has 706 valence electrons. The van der Waals surface area contributed by atoms with E-state index in [1.165, 1.54) is 25.7 Å². The van der Waals surface area contributed by atoms with Crippen LogP contribution >= 0.6 is 0 Å². The smallest absolute Gasteiger partial charge is 0.145 e. The first kappa shape index (κ1) is 98.7. The van der Waals surface area contributed by atoms with Gasteiger partial charge in [0, 0.05) is 65.5 Å². The first-order valence-corrected chi connectivity index (χ1v) is 46.5. The Morgan fingerprint density at radius 1 is 0.257 bits per heavy atom. The van der Waals surface area contributed by atoms with Crippen molar-refractivity contribution in [3.05, 3.63) is 432 Å². The van der Waals surface area contributed by atoms with Crippen molar-refractivity contribution in [1.82, 2.24) is 59.8 Å². The molecule has 6 aromatic heterocycles. The van der Waals surface area contributed by atoms with Gasteiger partial charge in [-0.25, -0.2) is 59.8 Å². The van der Waals surface area contributed by atoms with Crippen molar-refractivity contribution in [2.24, 2.45) is 5.92 Å². The summed E-state index contributed by atoms with van der Waals surface area (Å²) in [5.41, 5.74) is 58.7. The van der Waals surface area contributed by atoms with E-state index >= 15 is 0 Å². The van der Waals surface area contributed by atoms with Gasteiger partial charge >= 0.3 is 0 Å². The Hall–Kier alpha value is -17.3. The van der Waals surface area contributed by atoms with Crippen molar-refractivity contribution >= 4 is 34.9 Å². The van der Waals surface area contributed by atoms with E-state index in [-0.39, 0.29) is 6.10 Å². The fourth-order valence-corrected chi connectivity index (χ4v) is 15.3. The van der Waals surface area contributed by atoms with E-state index in [1.54, 1.807) is 58.5 Å². The van der Waals surface area contributed by atoms with Crippen LogP contribution in [0.15, 0.2) is 365 Å². The summed E-state index contributed by atoms with van der Waals surface area (Å²) < 4.78 is 32.5. The number of benzene rings is 12. The molecule has 0 atom stereocenters. The Bertz CT molecular complexity index is 6720. The summed E-state index contributed by atoms with van der Waals surface area (Å²) in [5, 5.41) is 0. The Labute approximate surface area is 818 Å². The van der Waals surface area contributed by atoms with Crippen LogP contribution in [-0.4, -0.2) is 93.8 Å². The van der Waals surface area contributed by atoms with Crippen LogP contribution in [0.3, 0.4) is 0 Å². The van der Waals surface area contributed by atoms with Gasteiger partial charge in [0.05, 0.1) is 140 Å². The second-order valence-electron chi connectivity index (χ2n) is 33.3. The van der Waals surface area contributed by atoms with Gasteiger partial charge in [-0.1, -0.05) is 208 Å². The van der Waals surface area contributed by atoms with E-state index < -0.39 is 0 Å². The van der Waals surface area contributed by atoms with Crippen LogP contribution in [0.5, 0.6) is 34.5 Å². The molecule has 12 aromatic carbocycles. The van der Waals surface area contributed by atoms with Crippen LogP contribution in [0.2, 0.25) is 0 Å². The molecule has 0 bridgehead atoms. The summed E-state index contributed by atoms with van der Waals surface area (Å²) in [5.74, 6) is 8.64. The lowest BCUT2D eigenvalue weighted by molar-refractivity contribution is 0.242. The zero-order valence-corrected chi connectivity index (χ0v) is 79.6. The number of methoxy groups -OCH3 is 3. The van der Waals surface area contributed by atoms with Crippen molar-refractivity contribution in [2.75, 3.05) is 62.3 Å². The van der Waals surface area contributed by atoms with Crippen molar-refractivity contribution < 1.29 is 28.4 Å². The van der Waals surface area contributed by atoms with Crippen molar-refractivity contribution in [3.8, 4) is 102 Å². The van der Waals surface area contributed by atoms with Gasteiger partial charge in [-0.2, -0.15) is 0 Å². The van der Waals surface area contributed by atoms with Gasteiger partial charge in [0.2, 0.25) is 0 Å². The highest BCUT2D eigenvalue weighted by molar-refractivity contribution is 5.67. The lowest BCUT2D eigenvalue weighted by Crippen LogP contribution is -2.07. The highest BCUT2D eigenvalue weighted by Crippen LogP contribution is 2.34. The number of anilines is 6. The normalized spacial score (nSPS) is 11.2. The molecular formula is C116H116N18O6. The molecule has 24 nitrogen and oxygen atoms in total. The highest BCUT2D eigenvalue weighted by atomic mass is 16.5. The van der Waals surface area contributed by atoms with E-state index in [4.69, 9.17) is 77.8 Å². The summed E-state index contributed by atoms with van der Waals surface area (Å²) in [6.07, 6.45) is 19.9. The molecule has 12 N–H and O–H groups in total. The van der Waals surface area contributed by atoms with Gasteiger partial charge in [-0.3, -0.25) is 0 Å². The standard InChI is InChI=1S/C24H21N3O.C20H21N3O.C19H19N3O.2C18H17N3O.C17H21N3O/c25-24-22(15-18-7-3-1-4-8-18)27-23(16-26-24)20-11-13-21(14-12-20)28-17-19-9-5-2-6-10-19;1-14(2)24-17-10-8-16(9-11-17)19-13-22-20(21)18(23-19)12-15-6-4-3-5-7-15;1-2-23-16-10-8-15(9-11-16)18-13-21-19(20)17(22-18)12-14-6-4-3-5-7-14;2*1-22-15-9-7-14(8-10-15)17-12-20-18(19)16(21-17)11-13-5-3-2-4-6-13;1-21-14-8-6-13(7-9-14)16-11-19-17(18)15(20-16)10-12-4-2-3-5-12/h1-14,16H,15,17H2,(H2,25,26);3-11,13-14H,12H2,1-2H3,(H2,21,22);3-11,13H,2,12H2,1H3,(H2,20,21);2*2-10,12H,11H2,1H3,(H2,19,20);6-9,11-12H,2-5,10H2,1H3,(H2,18,19). The Balaban J connectivity index is 0.000000134. The minimum atomic E-state index is 0.157. The number of nitrogens with two attached hydrogens (primary N) is 6. The number of aromatic nitrogens is 12. The van der Waals surface area contributed by atoms with Gasteiger partial charge < -0.3 is 62.8 Å². The minimum absolute atomic E-state index is 0.157. The predicted octanol–water partition coefficient (Wildman–Crippen LogP) is 22.8. The van der Waals surface area contributed by atoms with Gasteiger partial charge in [0.1, 0.15) is 76.0 Å². The summed E-state index contributed by atoms with van der Waals surface area (Å²) in [4.78, 5) is 54.0. The Kier molecular flexibility index (Phi) is 35.9. The molecule has 0 radical (unpaired) electrons. The second kappa shape index (κ2) is 50.9. The lowest BCUT2D eigenvalue weighted by atomic mass is 10.0. The summed E-state index contributed by atoms with van der Waals surface area (Å²) in [6.45, 7) is 7.19. The monoisotopic (exact) mass is 1860 g/mol. The largest absolute Gasteiger partial charge is 0.497 e. The second-order valence-corrected chi connectivity index (χ2v) is 33.3. The zero-order valence-electron chi connectivity index (χ0n) is 79.6. The van der Waals surface area contributed by atoms with Crippen LogP contribution in [0.25, 0.3) is 67.5 Å². The van der Waals surface area contributed by atoms with Crippen LogP contribution in [-0.2, 0) is 45.1 Å². The topological polar surface area (TPSA) is 366 Å². The minimum Gasteiger partial charge on any atom is -0.497 e. The van der Waals surface area contributed by atoms with E-state index in [0.717, 1.165) is 176 Å². The fraction of sp³-hybridized carbons (Fsp3) is 0.172. The van der Waals surface area contributed by atoms with Gasteiger partial charge in [-0.15, -0.1) is 0 Å². The molecule has 19 rings (SSSR count). The number of rotatable bonds is 28. The maximum atomic E-state index is 6.04. The van der Waals surface area contributed by atoms with Crippen molar-refractivity contribution in [2.45, 2.75) is 97.7 Å². The Morgan fingerprint density at radius 2 is 0.471 bits per heavy atom. The third kappa shape index (κ3) is 29.6. The zero-order chi connectivity index (χ0) is 97.6. The lowest BCUT2D eigenvalue weighted by Gasteiger charge is -2.11. The molecule has 0 spiro atoms. The molecular weight excluding hydrogens is 1740 g/mol. The third-order valence-electron chi connectivity index (χ3n) is 22.8. The first-order chi connectivity index (χ1) is 68.4. The summed E-state index contributed by atoms with van der Waals surface area (Å²) in [7, 11) is 4.96. The average Bonchev–Trinajstić information content (AvgIpc) is 1.45. The molecule has 1 aliphatic rings. The van der Waals surface area contributed by atoms with E-state index in [2.05, 4.69) is 106 Å². The maximum absolute atomic E-state index is 6.04. The molecule has 24 heteroatoms. The van der Waals surface area contributed by atoms with Gasteiger partial charge in [0.25, 0.3) is 0 Å². The van der Waals surface area contributed by atoms with Gasteiger partial charge in [-0.05, 0) is 212 Å². The quantitative estimate of drug-likeness (QED) is 0.0265. The van der Waals surface area contributed by atoms with Crippen LogP contribution in [0.4, 0.5) is 34.9 Å². The molecule has 0 unspecified atom stereocenters. The molecule has 18 aromatic rings. The van der Waals surface area contributed by atoms with Crippen molar-refractivity contribution in [3.63, 3.8) is 0 Å². The fourth-order valence-electron chi connectivity index (χ4n) is 15.3. The molecule has 0 aliphatic heterocycles. The van der Waals surface area contributed by atoms with E-state index in [0.29, 0.717) is 86.1 Å². The molecule has 1 fully saturated rings. The highest BCUT2D eigenvalue weighted by Gasteiger charge is 2.20. The number of nitrogens with zero attached hydrogens (tertiary/aromatic N) is 12. The SMILES string of the molecule is CC(C)Oc1ccc(-c2cnc(N)c(Cc3ccccc3)n2)cc1.CCOc1ccc(-c2cnc(N)c(Cc3ccccc3)n2)cc1.COc1ccc(-c2cnc(N)c(CC3CCCC3)n2)cc1.COc1ccc(-c2cnc(N)c(Cc3ccccc3)n2)cc1.COc1ccc(-c2cnc(N)c(Cc3ccccc3)n2)cc1.Nc1ncc(-c2ccc(OCc3ccccc3)cc2)nc1Cc1ccccc1. The summed E-state index contributed by atoms with van der Waals surface area (Å²) in [6, 6.07) is 108. The number of ether oxygens (including phenoxy) is 6. The Morgan fingerprint density at radius 3 is 0.707 bits per heavy atom. The number of hydrogen-bond donors (Lipinski definition) is 6. The van der Waals surface area contributed by atoms with Crippen LogP contribution in [0, 0.1) is 5.92 Å². The van der Waals surface area contributed by atoms with E-state index in [1.807, 2.05) is 288 Å². The predicted molar refractivity (Wildman–Crippen MR) is 561 cm³/mol. The molecule has 140 heavy (non-hydrogen) atoms. The molecule has 0 saturated heterocycles. The number of nitrogen functional groups attached to an aromatic ring is 6. The molecule has 1 aliphatic carbocycles. The third-order valence-corrected chi connectivity index (χ3v) is 22.8. The molecule has 6 heterocycles. The van der Waals surface area contributed by atoms with Crippen LogP contribution in [0.1, 0.15) is 114 Å². The summed E-state index contributed by atoms with van der Waals surface area (Å²) >= 11 is 0.